The van der Waals surface area contributed by atoms with Crippen LogP contribution in [0.5, 0.6) is 11.5 Å². The monoisotopic (exact) mass is 320 g/mol. The van der Waals surface area contributed by atoms with E-state index in [1.165, 1.54) is 0 Å². The van der Waals surface area contributed by atoms with E-state index in [-0.39, 0.29) is 18.6 Å². The molecule has 0 bridgehead atoms. The number of nitrogens with one attached hydrogen (secondary N) is 1. The van der Waals surface area contributed by atoms with Crippen LogP contribution >= 0.6 is 11.6 Å². The largest absolute Gasteiger partial charge is 0.487 e. The molecule has 1 amide bonds. The number of hydrogen-bond acceptors (Lipinski definition) is 4. The minimum Gasteiger partial charge on any atom is -0.487 e. The number of halogens is 1. The van der Waals surface area contributed by atoms with Gasteiger partial charge in [0.15, 0.2) is 6.61 Å². The van der Waals surface area contributed by atoms with Crippen molar-refractivity contribution in [3.8, 4) is 11.5 Å². The van der Waals surface area contributed by atoms with E-state index < -0.39 is 0 Å². The van der Waals surface area contributed by atoms with Crippen molar-refractivity contribution in [2.45, 2.75) is 13.0 Å². The lowest BCUT2D eigenvalue weighted by Gasteiger charge is -2.15. The van der Waals surface area contributed by atoms with Crippen LogP contribution in [0.25, 0.3) is 0 Å². The van der Waals surface area contributed by atoms with Crippen LogP contribution in [0.3, 0.4) is 0 Å². The summed E-state index contributed by atoms with van der Waals surface area (Å²) < 4.78 is 11.0. The van der Waals surface area contributed by atoms with Crippen molar-refractivity contribution >= 4 is 17.5 Å². The SMILES string of the molecule is C[C@@H](CNC(=O)COc1ccc(Cl)cc1)Oc1cccnc1. The molecule has 2 rings (SSSR count). The number of benzene rings is 1. The highest BCUT2D eigenvalue weighted by Crippen LogP contribution is 2.15. The second-order valence-corrected chi connectivity index (χ2v) is 5.10. The fourth-order valence-corrected chi connectivity index (χ4v) is 1.81. The quantitative estimate of drug-likeness (QED) is 0.852. The number of ether oxygens (including phenoxy) is 2. The van der Waals surface area contributed by atoms with E-state index in [0.29, 0.717) is 23.1 Å². The van der Waals surface area contributed by atoms with Crippen LogP contribution in [-0.4, -0.2) is 30.1 Å². The molecule has 0 spiro atoms. The average Bonchev–Trinajstić information content (AvgIpc) is 2.53. The molecule has 0 aliphatic carbocycles. The van der Waals surface area contributed by atoms with Crippen molar-refractivity contribution in [1.29, 1.82) is 0 Å². The summed E-state index contributed by atoms with van der Waals surface area (Å²) >= 11 is 5.77. The first-order valence-corrected chi connectivity index (χ1v) is 7.23. The summed E-state index contributed by atoms with van der Waals surface area (Å²) in [4.78, 5) is 15.7. The normalized spacial score (nSPS) is 11.5. The van der Waals surface area contributed by atoms with Crippen LogP contribution in [0.15, 0.2) is 48.8 Å². The highest BCUT2D eigenvalue weighted by Gasteiger charge is 2.08. The van der Waals surface area contributed by atoms with Crippen LogP contribution in [0.2, 0.25) is 5.02 Å². The van der Waals surface area contributed by atoms with Gasteiger partial charge in [0, 0.05) is 11.2 Å². The predicted molar refractivity (Wildman–Crippen MR) is 84.3 cm³/mol. The van der Waals surface area contributed by atoms with E-state index in [9.17, 15) is 4.79 Å². The first-order valence-electron chi connectivity index (χ1n) is 6.85. The van der Waals surface area contributed by atoms with Crippen molar-refractivity contribution in [3.05, 3.63) is 53.8 Å². The van der Waals surface area contributed by atoms with E-state index in [2.05, 4.69) is 10.3 Å². The Kier molecular flexibility index (Phi) is 6.03. The van der Waals surface area contributed by atoms with Crippen LogP contribution < -0.4 is 14.8 Å². The molecule has 5 nitrogen and oxygen atoms in total. The molecule has 0 saturated carbocycles. The fraction of sp³-hybridized carbons (Fsp3) is 0.250. The Balaban J connectivity index is 1.67. The molecule has 6 heteroatoms. The van der Waals surface area contributed by atoms with Crippen molar-refractivity contribution in [2.24, 2.45) is 0 Å². The number of amides is 1. The first-order chi connectivity index (χ1) is 10.6. The van der Waals surface area contributed by atoms with E-state index in [1.807, 2.05) is 13.0 Å². The number of rotatable bonds is 7. The average molecular weight is 321 g/mol. The molecule has 1 N–H and O–H groups in total. The van der Waals surface area contributed by atoms with Gasteiger partial charge in [-0.25, -0.2) is 0 Å². The van der Waals surface area contributed by atoms with E-state index in [4.69, 9.17) is 21.1 Å². The fourth-order valence-electron chi connectivity index (χ4n) is 1.68. The summed E-state index contributed by atoms with van der Waals surface area (Å²) in [6.07, 6.45) is 3.14. The van der Waals surface area contributed by atoms with Crippen molar-refractivity contribution < 1.29 is 14.3 Å². The van der Waals surface area contributed by atoms with Gasteiger partial charge in [0.25, 0.3) is 5.91 Å². The number of aromatic nitrogens is 1. The molecule has 1 heterocycles. The summed E-state index contributed by atoms with van der Waals surface area (Å²) in [6.45, 7) is 2.20. The maximum atomic E-state index is 11.7. The summed E-state index contributed by atoms with van der Waals surface area (Å²) in [6, 6.07) is 10.4. The Labute approximate surface area is 134 Å². The Bertz CT molecular complexity index is 590. The van der Waals surface area contributed by atoms with Gasteiger partial charge in [0.1, 0.15) is 17.6 Å². The zero-order chi connectivity index (χ0) is 15.8. The molecular weight excluding hydrogens is 304 g/mol. The Hall–Kier alpha value is -2.27. The molecule has 0 aliphatic heterocycles. The zero-order valence-corrected chi connectivity index (χ0v) is 12.9. The summed E-state index contributed by atoms with van der Waals surface area (Å²) in [5.74, 6) is 1.05. The molecule has 1 aromatic heterocycles. The lowest BCUT2D eigenvalue weighted by Crippen LogP contribution is -2.36. The van der Waals surface area contributed by atoms with Gasteiger partial charge in [0.05, 0.1) is 12.7 Å². The Morgan fingerprint density at radius 1 is 1.27 bits per heavy atom. The third kappa shape index (κ3) is 5.61. The highest BCUT2D eigenvalue weighted by atomic mass is 35.5. The molecule has 0 aliphatic rings. The smallest absolute Gasteiger partial charge is 0.258 e. The number of pyridine rings is 1. The zero-order valence-electron chi connectivity index (χ0n) is 12.2. The molecule has 22 heavy (non-hydrogen) atoms. The first kappa shape index (κ1) is 16.1. The number of hydrogen-bond donors (Lipinski definition) is 1. The third-order valence-electron chi connectivity index (χ3n) is 2.74. The van der Waals surface area contributed by atoms with Crippen LogP contribution in [0.4, 0.5) is 0 Å². The standard InChI is InChI=1S/C16H17ClN2O3/c1-12(22-15-3-2-8-18-10-15)9-19-16(20)11-21-14-6-4-13(17)5-7-14/h2-8,10,12H,9,11H2,1H3,(H,19,20)/t12-/m0/s1. The third-order valence-corrected chi connectivity index (χ3v) is 2.99. The van der Waals surface area contributed by atoms with Crippen LogP contribution in [-0.2, 0) is 4.79 Å². The van der Waals surface area contributed by atoms with Gasteiger partial charge in [-0.2, -0.15) is 0 Å². The number of carbonyl (C=O) groups excluding carboxylic acids is 1. The molecule has 116 valence electrons. The molecule has 0 unspecified atom stereocenters. The van der Waals surface area contributed by atoms with E-state index >= 15 is 0 Å². The van der Waals surface area contributed by atoms with Crippen LogP contribution in [0.1, 0.15) is 6.92 Å². The van der Waals surface area contributed by atoms with Gasteiger partial charge in [0.2, 0.25) is 0 Å². The van der Waals surface area contributed by atoms with Gasteiger partial charge < -0.3 is 14.8 Å². The molecule has 0 fully saturated rings. The number of nitrogens with zero attached hydrogens (tertiary/aromatic N) is 1. The second-order valence-electron chi connectivity index (χ2n) is 4.66. The van der Waals surface area contributed by atoms with Gasteiger partial charge in [-0.05, 0) is 43.3 Å². The lowest BCUT2D eigenvalue weighted by molar-refractivity contribution is -0.123. The van der Waals surface area contributed by atoms with Gasteiger partial charge in [-0.3, -0.25) is 9.78 Å². The second kappa shape index (κ2) is 8.24. The highest BCUT2D eigenvalue weighted by molar-refractivity contribution is 6.30. The minimum atomic E-state index is -0.211. The minimum absolute atomic E-state index is 0.0543. The lowest BCUT2D eigenvalue weighted by atomic mass is 10.3. The van der Waals surface area contributed by atoms with Crippen molar-refractivity contribution in [3.63, 3.8) is 0 Å². The topological polar surface area (TPSA) is 60.5 Å². The van der Waals surface area contributed by atoms with Crippen molar-refractivity contribution in [1.82, 2.24) is 10.3 Å². The molecule has 1 aromatic carbocycles. The van der Waals surface area contributed by atoms with E-state index in [1.54, 1.807) is 42.7 Å². The predicted octanol–water partition coefficient (Wildman–Crippen LogP) is 2.70. The summed E-state index contributed by atoms with van der Waals surface area (Å²) in [5.41, 5.74) is 0. The van der Waals surface area contributed by atoms with Gasteiger partial charge >= 0.3 is 0 Å². The molecule has 2 aromatic rings. The molecule has 0 radical (unpaired) electrons. The van der Waals surface area contributed by atoms with Gasteiger partial charge in [-0.15, -0.1) is 0 Å². The van der Waals surface area contributed by atoms with Crippen LogP contribution in [0, 0.1) is 0 Å². The summed E-state index contributed by atoms with van der Waals surface area (Å²) in [5, 5.41) is 3.37. The maximum Gasteiger partial charge on any atom is 0.258 e. The Morgan fingerprint density at radius 2 is 2.05 bits per heavy atom. The van der Waals surface area contributed by atoms with Gasteiger partial charge in [-0.1, -0.05) is 11.6 Å². The number of carbonyl (C=O) groups is 1. The molecule has 1 atom stereocenters. The van der Waals surface area contributed by atoms with E-state index in [0.717, 1.165) is 0 Å². The van der Waals surface area contributed by atoms with Crippen molar-refractivity contribution in [2.75, 3.05) is 13.2 Å². The Morgan fingerprint density at radius 3 is 2.73 bits per heavy atom. The summed E-state index contributed by atoms with van der Waals surface area (Å²) in [7, 11) is 0. The maximum absolute atomic E-state index is 11.7. The molecular formula is C16H17ClN2O3. The molecule has 0 saturated heterocycles.